The van der Waals surface area contributed by atoms with Gasteiger partial charge in [-0.25, -0.2) is 29.3 Å². The van der Waals surface area contributed by atoms with E-state index in [1.807, 2.05) is 18.2 Å². The Morgan fingerprint density at radius 1 is 0.926 bits per heavy atom. The minimum atomic E-state index is -0.305. The molecular formula is C18H21FN8. The molecule has 2 fully saturated rings. The van der Waals surface area contributed by atoms with E-state index in [2.05, 4.69) is 34.4 Å². The summed E-state index contributed by atoms with van der Waals surface area (Å²) < 4.78 is 16.7. The van der Waals surface area contributed by atoms with E-state index >= 15 is 0 Å². The second-order valence-electron chi connectivity index (χ2n) is 7.04. The van der Waals surface area contributed by atoms with Crippen molar-refractivity contribution in [2.45, 2.75) is 32.2 Å². The molecule has 0 aromatic carbocycles. The number of hydrogen-bond donors (Lipinski definition) is 0. The highest BCUT2D eigenvalue weighted by molar-refractivity contribution is 5.83. The van der Waals surface area contributed by atoms with Crippen molar-refractivity contribution in [3.63, 3.8) is 0 Å². The van der Waals surface area contributed by atoms with E-state index in [4.69, 9.17) is 0 Å². The van der Waals surface area contributed by atoms with Crippen LogP contribution in [0.3, 0.4) is 0 Å². The summed E-state index contributed by atoms with van der Waals surface area (Å²) in [7, 11) is 0. The van der Waals surface area contributed by atoms with Crippen LogP contribution in [0.4, 0.5) is 16.0 Å². The van der Waals surface area contributed by atoms with Gasteiger partial charge in [-0.05, 0) is 19.3 Å². The Labute approximate surface area is 156 Å². The third kappa shape index (κ3) is 2.77. The quantitative estimate of drug-likeness (QED) is 0.697. The third-order valence-electron chi connectivity index (χ3n) is 5.34. The first-order valence-corrected chi connectivity index (χ1v) is 9.43. The van der Waals surface area contributed by atoms with Crippen LogP contribution in [0.25, 0.3) is 11.2 Å². The summed E-state index contributed by atoms with van der Waals surface area (Å²) in [4.78, 5) is 25.9. The number of aromatic nitrogens is 6. The number of fused-ring (bicyclic) bond motifs is 1. The van der Waals surface area contributed by atoms with Gasteiger partial charge in [0.2, 0.25) is 0 Å². The van der Waals surface area contributed by atoms with E-state index in [-0.39, 0.29) is 5.82 Å². The highest BCUT2D eigenvalue weighted by Crippen LogP contribution is 2.37. The van der Waals surface area contributed by atoms with Gasteiger partial charge in [0.05, 0.1) is 12.0 Å². The number of piperazine rings is 1. The zero-order valence-corrected chi connectivity index (χ0v) is 15.2. The molecule has 8 nitrogen and oxygen atoms in total. The summed E-state index contributed by atoms with van der Waals surface area (Å²) in [6.07, 6.45) is 7.87. The highest BCUT2D eigenvalue weighted by atomic mass is 19.1. The molecule has 140 valence electrons. The molecule has 0 spiro atoms. The summed E-state index contributed by atoms with van der Waals surface area (Å²) in [6.45, 7) is 4.70. The summed E-state index contributed by atoms with van der Waals surface area (Å²) in [5.74, 6) is 0.949. The fraction of sp³-hybridized carbons (Fsp3) is 0.500. The lowest BCUT2D eigenvalue weighted by molar-refractivity contribution is 0.568. The van der Waals surface area contributed by atoms with Gasteiger partial charge in [-0.1, -0.05) is 6.92 Å². The van der Waals surface area contributed by atoms with Crippen LogP contribution >= 0.6 is 0 Å². The minimum absolute atomic E-state index is 0.305. The van der Waals surface area contributed by atoms with Crippen molar-refractivity contribution >= 4 is 22.8 Å². The number of rotatable bonds is 4. The minimum Gasteiger partial charge on any atom is -0.351 e. The average molecular weight is 368 g/mol. The molecular weight excluding hydrogens is 347 g/mol. The molecule has 1 saturated carbocycles. The van der Waals surface area contributed by atoms with E-state index in [0.29, 0.717) is 37.1 Å². The summed E-state index contributed by atoms with van der Waals surface area (Å²) >= 11 is 0. The lowest BCUT2D eigenvalue weighted by Gasteiger charge is -2.36. The molecule has 0 bridgehead atoms. The predicted molar refractivity (Wildman–Crippen MR) is 99.4 cm³/mol. The number of hydrogen-bond acceptors (Lipinski definition) is 7. The van der Waals surface area contributed by atoms with E-state index < -0.39 is 0 Å². The summed E-state index contributed by atoms with van der Waals surface area (Å²) in [5, 5.41) is 0. The molecule has 3 aromatic heterocycles. The predicted octanol–water partition coefficient (Wildman–Crippen LogP) is 1.98. The highest BCUT2D eigenvalue weighted by Gasteiger charge is 2.28. The molecule has 2 aliphatic rings. The normalized spacial score (nSPS) is 17.7. The summed E-state index contributed by atoms with van der Waals surface area (Å²) in [5.41, 5.74) is 2.21. The number of halogens is 1. The van der Waals surface area contributed by atoms with Crippen LogP contribution in [0.2, 0.25) is 0 Å². The first-order chi connectivity index (χ1) is 13.3. The number of imidazole rings is 1. The smallest absolute Gasteiger partial charge is 0.187 e. The fourth-order valence-electron chi connectivity index (χ4n) is 3.68. The first kappa shape index (κ1) is 16.3. The molecule has 5 rings (SSSR count). The Morgan fingerprint density at radius 3 is 2.30 bits per heavy atom. The number of nitrogens with zero attached hydrogens (tertiary/aromatic N) is 8. The number of anilines is 2. The van der Waals surface area contributed by atoms with Crippen LogP contribution in [0.5, 0.6) is 0 Å². The topological polar surface area (TPSA) is 75.9 Å². The molecule has 4 heterocycles. The molecule has 0 unspecified atom stereocenters. The maximum atomic E-state index is 14.6. The second-order valence-corrected chi connectivity index (χ2v) is 7.04. The van der Waals surface area contributed by atoms with Gasteiger partial charge in [-0.3, -0.25) is 0 Å². The van der Waals surface area contributed by atoms with Gasteiger partial charge in [-0.15, -0.1) is 0 Å². The Hall–Kier alpha value is -2.84. The van der Waals surface area contributed by atoms with Gasteiger partial charge in [0, 0.05) is 32.2 Å². The van der Waals surface area contributed by atoms with Crippen molar-refractivity contribution in [1.29, 1.82) is 0 Å². The maximum absolute atomic E-state index is 14.6. The van der Waals surface area contributed by atoms with Gasteiger partial charge in [0.15, 0.2) is 28.6 Å². The van der Waals surface area contributed by atoms with Crippen LogP contribution in [0, 0.1) is 5.82 Å². The molecule has 0 amide bonds. The molecule has 1 aliphatic carbocycles. The van der Waals surface area contributed by atoms with E-state index in [0.717, 1.165) is 30.1 Å². The molecule has 0 N–H and O–H groups in total. The van der Waals surface area contributed by atoms with Crippen molar-refractivity contribution in [3.8, 4) is 0 Å². The van der Waals surface area contributed by atoms with Gasteiger partial charge in [0.25, 0.3) is 0 Å². The Bertz CT molecular complexity index is 975. The Balaban J connectivity index is 1.37. The zero-order chi connectivity index (χ0) is 18.4. The standard InChI is InChI=1S/C18H21FN8/c1-2-13-14(19)16(21-9-20-13)25-5-7-26(8-6-25)17-15-18(23-10-22-17)27(11-24-15)12-3-4-12/h9-12H,2-8H2,1H3. The van der Waals surface area contributed by atoms with Crippen LogP contribution < -0.4 is 9.80 Å². The molecule has 0 radical (unpaired) electrons. The van der Waals surface area contributed by atoms with Crippen molar-refractivity contribution in [2.24, 2.45) is 0 Å². The monoisotopic (exact) mass is 368 g/mol. The van der Waals surface area contributed by atoms with Crippen LogP contribution in [-0.4, -0.2) is 55.7 Å². The van der Waals surface area contributed by atoms with Crippen LogP contribution in [-0.2, 0) is 6.42 Å². The molecule has 3 aromatic rings. The average Bonchev–Trinajstić information content (AvgIpc) is 3.46. The zero-order valence-electron chi connectivity index (χ0n) is 15.2. The van der Waals surface area contributed by atoms with Gasteiger partial charge in [0.1, 0.15) is 12.7 Å². The van der Waals surface area contributed by atoms with Gasteiger partial charge in [-0.2, -0.15) is 0 Å². The largest absolute Gasteiger partial charge is 0.351 e. The lowest BCUT2D eigenvalue weighted by Crippen LogP contribution is -2.47. The van der Waals surface area contributed by atoms with Crippen molar-refractivity contribution in [3.05, 3.63) is 30.5 Å². The molecule has 27 heavy (non-hydrogen) atoms. The van der Waals surface area contributed by atoms with Gasteiger partial charge < -0.3 is 14.4 Å². The Kier molecular flexibility index (Phi) is 3.87. The molecule has 1 saturated heterocycles. The van der Waals surface area contributed by atoms with Crippen molar-refractivity contribution in [2.75, 3.05) is 36.0 Å². The fourth-order valence-corrected chi connectivity index (χ4v) is 3.68. The number of aryl methyl sites for hydroxylation is 1. The van der Waals surface area contributed by atoms with Gasteiger partial charge >= 0.3 is 0 Å². The maximum Gasteiger partial charge on any atom is 0.187 e. The van der Waals surface area contributed by atoms with Crippen molar-refractivity contribution < 1.29 is 4.39 Å². The van der Waals surface area contributed by atoms with E-state index in [1.165, 1.54) is 19.2 Å². The molecule has 1 aliphatic heterocycles. The lowest BCUT2D eigenvalue weighted by atomic mass is 10.2. The third-order valence-corrected chi connectivity index (χ3v) is 5.34. The molecule has 9 heteroatoms. The van der Waals surface area contributed by atoms with Crippen LogP contribution in [0.1, 0.15) is 31.5 Å². The first-order valence-electron chi connectivity index (χ1n) is 9.43. The van der Waals surface area contributed by atoms with E-state index in [1.54, 1.807) is 6.33 Å². The molecule has 0 atom stereocenters. The van der Waals surface area contributed by atoms with E-state index in [9.17, 15) is 4.39 Å². The van der Waals surface area contributed by atoms with Crippen LogP contribution in [0.15, 0.2) is 19.0 Å². The second kappa shape index (κ2) is 6.40. The SMILES string of the molecule is CCc1ncnc(N2CCN(c3ncnc4c3ncn4C3CC3)CC2)c1F. The Morgan fingerprint density at radius 2 is 1.59 bits per heavy atom. The van der Waals surface area contributed by atoms with Crippen molar-refractivity contribution in [1.82, 2.24) is 29.5 Å². The summed E-state index contributed by atoms with van der Waals surface area (Å²) in [6, 6.07) is 0.531.